The van der Waals surface area contributed by atoms with E-state index in [0.717, 1.165) is 12.1 Å². The monoisotopic (exact) mass is 271 g/mol. The zero-order valence-electron chi connectivity index (χ0n) is 10.0. The minimum absolute atomic E-state index is 0.109. The SMILES string of the molecule is CCC(C)(C(=O)NCCc1cscn1)C(N)=S. The van der Waals surface area contributed by atoms with Crippen LogP contribution in [0.2, 0.25) is 0 Å². The van der Waals surface area contributed by atoms with E-state index in [0.29, 0.717) is 13.0 Å². The lowest BCUT2D eigenvalue weighted by Crippen LogP contribution is -2.47. The Hall–Kier alpha value is -1.01. The number of nitrogens with two attached hydrogens (primary N) is 1. The smallest absolute Gasteiger partial charge is 0.232 e. The lowest BCUT2D eigenvalue weighted by atomic mass is 9.86. The van der Waals surface area contributed by atoms with Gasteiger partial charge in [0.2, 0.25) is 5.91 Å². The van der Waals surface area contributed by atoms with Gasteiger partial charge in [-0.05, 0) is 13.3 Å². The number of aromatic nitrogens is 1. The molecule has 0 spiro atoms. The van der Waals surface area contributed by atoms with Crippen LogP contribution < -0.4 is 11.1 Å². The highest BCUT2D eigenvalue weighted by Gasteiger charge is 2.34. The van der Waals surface area contributed by atoms with Gasteiger partial charge in [0.25, 0.3) is 0 Å². The molecule has 1 aromatic rings. The molecule has 0 saturated carbocycles. The third kappa shape index (κ3) is 3.47. The molecule has 94 valence electrons. The zero-order chi connectivity index (χ0) is 12.9. The molecular formula is C11H17N3OS2. The number of carbonyl (C=O) groups excluding carboxylic acids is 1. The zero-order valence-corrected chi connectivity index (χ0v) is 11.7. The number of hydrogen-bond acceptors (Lipinski definition) is 4. The Labute approximate surface area is 111 Å². The van der Waals surface area contributed by atoms with Crippen LogP contribution >= 0.6 is 23.6 Å². The van der Waals surface area contributed by atoms with Crippen molar-refractivity contribution in [2.45, 2.75) is 26.7 Å². The molecule has 1 atom stereocenters. The maximum absolute atomic E-state index is 12.0. The molecule has 0 fully saturated rings. The average Bonchev–Trinajstić information content (AvgIpc) is 2.80. The van der Waals surface area contributed by atoms with Crippen molar-refractivity contribution in [3.05, 3.63) is 16.6 Å². The Kier molecular flexibility index (Phi) is 5.02. The Morgan fingerprint density at radius 3 is 2.88 bits per heavy atom. The van der Waals surface area contributed by atoms with E-state index in [-0.39, 0.29) is 10.9 Å². The van der Waals surface area contributed by atoms with Crippen LogP contribution in [0.25, 0.3) is 0 Å². The van der Waals surface area contributed by atoms with Crippen LogP contribution in [0.5, 0.6) is 0 Å². The first-order chi connectivity index (χ1) is 8.00. The molecule has 1 unspecified atom stereocenters. The van der Waals surface area contributed by atoms with Crippen LogP contribution in [0.3, 0.4) is 0 Å². The molecule has 0 bridgehead atoms. The second-order valence-corrected chi connectivity index (χ2v) is 5.19. The van der Waals surface area contributed by atoms with Gasteiger partial charge in [0, 0.05) is 18.3 Å². The summed E-state index contributed by atoms with van der Waals surface area (Å²) in [7, 11) is 0. The summed E-state index contributed by atoms with van der Waals surface area (Å²) < 4.78 is 0. The first kappa shape index (κ1) is 14.1. The fraction of sp³-hybridized carbons (Fsp3) is 0.545. The maximum Gasteiger partial charge on any atom is 0.232 e. The van der Waals surface area contributed by atoms with Crippen LogP contribution in [0, 0.1) is 5.41 Å². The number of rotatable bonds is 6. The third-order valence-electron chi connectivity index (χ3n) is 2.90. The summed E-state index contributed by atoms with van der Waals surface area (Å²) >= 11 is 6.49. The lowest BCUT2D eigenvalue weighted by molar-refractivity contribution is -0.126. The van der Waals surface area contributed by atoms with E-state index in [1.807, 2.05) is 12.3 Å². The van der Waals surface area contributed by atoms with Crippen molar-refractivity contribution in [1.29, 1.82) is 0 Å². The van der Waals surface area contributed by atoms with Gasteiger partial charge in [0.15, 0.2) is 0 Å². The molecule has 1 aromatic heterocycles. The number of amides is 1. The summed E-state index contributed by atoms with van der Waals surface area (Å²) in [6.45, 7) is 4.23. The molecule has 0 radical (unpaired) electrons. The molecule has 0 aromatic carbocycles. The van der Waals surface area contributed by atoms with E-state index in [1.54, 1.807) is 23.8 Å². The van der Waals surface area contributed by atoms with Crippen LogP contribution in [-0.4, -0.2) is 22.4 Å². The van der Waals surface area contributed by atoms with E-state index >= 15 is 0 Å². The summed E-state index contributed by atoms with van der Waals surface area (Å²) in [5.74, 6) is -0.109. The average molecular weight is 271 g/mol. The fourth-order valence-electron chi connectivity index (χ4n) is 1.31. The molecule has 0 aliphatic rings. The van der Waals surface area contributed by atoms with Gasteiger partial charge in [0.05, 0.1) is 21.6 Å². The molecule has 3 N–H and O–H groups in total. The summed E-state index contributed by atoms with van der Waals surface area (Å²) in [6, 6.07) is 0. The molecule has 4 nitrogen and oxygen atoms in total. The van der Waals surface area contributed by atoms with Gasteiger partial charge >= 0.3 is 0 Å². The first-order valence-corrected chi connectivity index (χ1v) is 6.81. The summed E-state index contributed by atoms with van der Waals surface area (Å²) in [6.07, 6.45) is 1.33. The van der Waals surface area contributed by atoms with Gasteiger partial charge in [-0.1, -0.05) is 19.1 Å². The Bertz CT molecular complexity index is 391. The van der Waals surface area contributed by atoms with Crippen molar-refractivity contribution in [2.75, 3.05) is 6.54 Å². The van der Waals surface area contributed by atoms with Gasteiger partial charge in [-0.3, -0.25) is 4.79 Å². The Morgan fingerprint density at radius 2 is 2.41 bits per heavy atom. The van der Waals surface area contributed by atoms with Crippen LogP contribution in [0.1, 0.15) is 26.0 Å². The summed E-state index contributed by atoms with van der Waals surface area (Å²) in [5.41, 5.74) is 7.63. The molecule has 1 rings (SSSR count). The standard InChI is InChI=1S/C11H17N3OS2/c1-3-11(2,9(12)16)10(15)13-5-4-8-6-17-7-14-8/h6-7H,3-5H2,1-2H3,(H2,12,16)(H,13,15). The second kappa shape index (κ2) is 6.07. The molecule has 6 heteroatoms. The normalized spacial score (nSPS) is 14.0. The van der Waals surface area contributed by atoms with Crippen LogP contribution in [0.15, 0.2) is 10.9 Å². The topological polar surface area (TPSA) is 68.0 Å². The summed E-state index contributed by atoms with van der Waals surface area (Å²) in [4.78, 5) is 16.4. The van der Waals surface area contributed by atoms with Gasteiger partial charge in [-0.2, -0.15) is 0 Å². The number of carbonyl (C=O) groups is 1. The predicted octanol–water partition coefficient (Wildman–Crippen LogP) is 1.50. The molecule has 1 amide bonds. The number of hydrogen-bond donors (Lipinski definition) is 2. The van der Waals surface area contributed by atoms with Crippen molar-refractivity contribution >= 4 is 34.5 Å². The fourth-order valence-corrected chi connectivity index (χ4v) is 2.14. The summed E-state index contributed by atoms with van der Waals surface area (Å²) in [5, 5.41) is 4.82. The molecule has 17 heavy (non-hydrogen) atoms. The highest BCUT2D eigenvalue weighted by atomic mass is 32.1. The number of thiazole rings is 1. The number of nitrogens with zero attached hydrogens (tertiary/aromatic N) is 1. The number of thiocarbonyl (C=S) groups is 1. The van der Waals surface area contributed by atoms with Crippen molar-refractivity contribution in [3.8, 4) is 0 Å². The minimum atomic E-state index is -0.753. The molecule has 0 aliphatic heterocycles. The second-order valence-electron chi connectivity index (χ2n) is 4.04. The molecule has 0 saturated heterocycles. The maximum atomic E-state index is 12.0. The first-order valence-electron chi connectivity index (χ1n) is 5.46. The van der Waals surface area contributed by atoms with Crippen LogP contribution in [-0.2, 0) is 11.2 Å². The van der Waals surface area contributed by atoms with Crippen molar-refractivity contribution in [3.63, 3.8) is 0 Å². The van der Waals surface area contributed by atoms with Crippen molar-refractivity contribution in [1.82, 2.24) is 10.3 Å². The quantitative estimate of drug-likeness (QED) is 0.770. The minimum Gasteiger partial charge on any atom is -0.392 e. The number of nitrogens with one attached hydrogen (secondary N) is 1. The highest BCUT2D eigenvalue weighted by molar-refractivity contribution is 7.80. The van der Waals surface area contributed by atoms with E-state index in [1.165, 1.54) is 0 Å². The largest absolute Gasteiger partial charge is 0.392 e. The van der Waals surface area contributed by atoms with Crippen LogP contribution in [0.4, 0.5) is 0 Å². The Balaban J connectivity index is 2.46. The predicted molar refractivity (Wildman–Crippen MR) is 74.0 cm³/mol. The van der Waals surface area contributed by atoms with Gasteiger partial charge in [-0.15, -0.1) is 11.3 Å². The van der Waals surface area contributed by atoms with E-state index in [9.17, 15) is 4.79 Å². The lowest BCUT2D eigenvalue weighted by Gasteiger charge is -2.25. The van der Waals surface area contributed by atoms with Gasteiger partial charge in [-0.25, -0.2) is 4.98 Å². The van der Waals surface area contributed by atoms with E-state index in [4.69, 9.17) is 18.0 Å². The van der Waals surface area contributed by atoms with Crippen molar-refractivity contribution in [2.24, 2.45) is 11.1 Å². The third-order valence-corrected chi connectivity index (χ3v) is 3.99. The molecule has 1 heterocycles. The van der Waals surface area contributed by atoms with E-state index < -0.39 is 5.41 Å². The molecular weight excluding hydrogens is 254 g/mol. The molecule has 0 aliphatic carbocycles. The Morgan fingerprint density at radius 1 is 1.71 bits per heavy atom. The highest BCUT2D eigenvalue weighted by Crippen LogP contribution is 2.21. The van der Waals surface area contributed by atoms with Gasteiger partial charge in [0.1, 0.15) is 0 Å². The van der Waals surface area contributed by atoms with Crippen molar-refractivity contribution < 1.29 is 4.79 Å². The van der Waals surface area contributed by atoms with Gasteiger partial charge < -0.3 is 11.1 Å². The van der Waals surface area contributed by atoms with E-state index in [2.05, 4.69) is 10.3 Å².